The van der Waals surface area contributed by atoms with Gasteiger partial charge < -0.3 is 15.2 Å². The predicted molar refractivity (Wildman–Crippen MR) is 61.2 cm³/mol. The minimum Gasteiger partial charge on any atom is -0.349 e. The summed E-state index contributed by atoms with van der Waals surface area (Å²) in [5.74, 6) is 0.380. The van der Waals surface area contributed by atoms with Gasteiger partial charge in [-0.2, -0.15) is 0 Å². The van der Waals surface area contributed by atoms with Crippen LogP contribution in [0.2, 0.25) is 0 Å². The molecule has 0 saturated carbocycles. The highest BCUT2D eigenvalue weighted by molar-refractivity contribution is 5.90. The van der Waals surface area contributed by atoms with E-state index in [9.17, 15) is 4.79 Å². The molecule has 5 heteroatoms. The molecule has 1 aromatic heterocycles. The normalized spacial score (nSPS) is 19.9. The maximum Gasteiger partial charge on any atom is 0.287 e. The molecule has 1 saturated heterocycles. The van der Waals surface area contributed by atoms with E-state index in [1.165, 1.54) is 12.8 Å². The smallest absolute Gasteiger partial charge is 0.287 e. The van der Waals surface area contributed by atoms with Crippen molar-refractivity contribution >= 4 is 5.91 Å². The summed E-state index contributed by atoms with van der Waals surface area (Å²) in [6.45, 7) is 1.82. The summed E-state index contributed by atoms with van der Waals surface area (Å²) in [4.78, 5) is 15.7. The van der Waals surface area contributed by atoms with Crippen LogP contribution in [0.15, 0.2) is 12.4 Å². The summed E-state index contributed by atoms with van der Waals surface area (Å²) in [5.41, 5.74) is 0. The van der Waals surface area contributed by atoms with Crippen molar-refractivity contribution in [1.29, 1.82) is 0 Å². The molecule has 2 heterocycles. The van der Waals surface area contributed by atoms with Gasteiger partial charge in [-0.15, -0.1) is 0 Å². The van der Waals surface area contributed by atoms with Gasteiger partial charge in [-0.3, -0.25) is 4.79 Å². The first kappa shape index (κ1) is 11.1. The first-order chi connectivity index (χ1) is 7.77. The van der Waals surface area contributed by atoms with Crippen molar-refractivity contribution in [3.8, 4) is 0 Å². The largest absolute Gasteiger partial charge is 0.349 e. The number of hydrogen-bond donors (Lipinski definition) is 2. The highest BCUT2D eigenvalue weighted by atomic mass is 16.2. The van der Waals surface area contributed by atoms with Crippen LogP contribution in [0.3, 0.4) is 0 Å². The van der Waals surface area contributed by atoms with Crippen molar-refractivity contribution in [3.05, 3.63) is 18.2 Å². The number of carbonyl (C=O) groups excluding carboxylic acids is 1. The minimum atomic E-state index is -0.0921. The Kier molecular flexibility index (Phi) is 3.56. The Labute approximate surface area is 95.2 Å². The molecule has 1 aromatic rings. The van der Waals surface area contributed by atoms with Crippen LogP contribution in [0.4, 0.5) is 0 Å². The van der Waals surface area contributed by atoms with Crippen molar-refractivity contribution < 1.29 is 4.79 Å². The highest BCUT2D eigenvalue weighted by Gasteiger charge is 2.15. The Balaban J connectivity index is 1.73. The van der Waals surface area contributed by atoms with Crippen molar-refractivity contribution in [2.24, 2.45) is 7.05 Å². The zero-order valence-electron chi connectivity index (χ0n) is 9.57. The molecule has 0 aliphatic carbocycles. The van der Waals surface area contributed by atoms with Crippen LogP contribution < -0.4 is 10.6 Å². The monoisotopic (exact) mass is 222 g/mol. The summed E-state index contributed by atoms with van der Waals surface area (Å²) >= 11 is 0. The number of imidazole rings is 1. The summed E-state index contributed by atoms with van der Waals surface area (Å²) in [7, 11) is 1.82. The van der Waals surface area contributed by atoms with Gasteiger partial charge in [0.05, 0.1) is 0 Å². The summed E-state index contributed by atoms with van der Waals surface area (Å²) in [6.07, 6.45) is 6.87. The van der Waals surface area contributed by atoms with Gasteiger partial charge in [-0.25, -0.2) is 4.98 Å². The van der Waals surface area contributed by atoms with Crippen molar-refractivity contribution in [3.63, 3.8) is 0 Å². The van der Waals surface area contributed by atoms with E-state index in [4.69, 9.17) is 0 Å². The fourth-order valence-corrected chi connectivity index (χ4v) is 2.03. The molecular weight excluding hydrogens is 204 g/mol. The number of rotatable bonds is 4. The molecular formula is C11H18N4O. The molecule has 88 valence electrons. The van der Waals surface area contributed by atoms with E-state index in [0.29, 0.717) is 18.4 Å². The number of nitrogens with one attached hydrogen (secondary N) is 2. The summed E-state index contributed by atoms with van der Waals surface area (Å²) in [5, 5.41) is 6.29. The van der Waals surface area contributed by atoms with Crippen LogP contribution in [-0.2, 0) is 7.05 Å². The summed E-state index contributed by atoms with van der Waals surface area (Å²) in [6, 6.07) is 0.571. The Bertz CT molecular complexity index is 355. The van der Waals surface area contributed by atoms with Crippen molar-refractivity contribution in [2.75, 3.05) is 13.1 Å². The van der Waals surface area contributed by atoms with Gasteiger partial charge in [0.15, 0.2) is 5.82 Å². The van der Waals surface area contributed by atoms with E-state index in [-0.39, 0.29) is 5.91 Å². The number of aryl methyl sites for hydroxylation is 1. The maximum atomic E-state index is 11.7. The van der Waals surface area contributed by atoms with Gasteiger partial charge in [0.1, 0.15) is 0 Å². The topological polar surface area (TPSA) is 59.0 Å². The molecule has 0 bridgehead atoms. The number of carbonyl (C=O) groups is 1. The second-order valence-corrected chi connectivity index (χ2v) is 4.20. The number of hydrogen-bond acceptors (Lipinski definition) is 3. The molecule has 2 rings (SSSR count). The zero-order chi connectivity index (χ0) is 11.4. The van der Waals surface area contributed by atoms with Crippen LogP contribution >= 0.6 is 0 Å². The van der Waals surface area contributed by atoms with E-state index < -0.39 is 0 Å². The van der Waals surface area contributed by atoms with Crippen molar-refractivity contribution in [2.45, 2.75) is 25.3 Å². The average molecular weight is 222 g/mol. The van der Waals surface area contributed by atoms with Crippen LogP contribution in [0.1, 0.15) is 29.9 Å². The standard InChI is InChI=1S/C11H18N4O/c1-15-8-7-13-10(15)11(16)14-6-4-9-3-2-5-12-9/h7-9,12H,2-6H2,1H3,(H,14,16). The molecule has 1 fully saturated rings. The highest BCUT2D eigenvalue weighted by Crippen LogP contribution is 2.07. The first-order valence-electron chi connectivity index (χ1n) is 5.76. The fourth-order valence-electron chi connectivity index (χ4n) is 2.03. The third kappa shape index (κ3) is 2.61. The maximum absolute atomic E-state index is 11.7. The second kappa shape index (κ2) is 5.12. The molecule has 1 aliphatic heterocycles. The van der Waals surface area contributed by atoms with E-state index in [1.807, 2.05) is 7.05 Å². The lowest BCUT2D eigenvalue weighted by Gasteiger charge is -2.10. The molecule has 0 aromatic carbocycles. The van der Waals surface area contributed by atoms with Gasteiger partial charge in [-0.1, -0.05) is 0 Å². The molecule has 0 spiro atoms. The molecule has 1 amide bonds. The van der Waals surface area contributed by atoms with E-state index >= 15 is 0 Å². The van der Waals surface area contributed by atoms with E-state index in [2.05, 4.69) is 15.6 Å². The third-order valence-corrected chi connectivity index (χ3v) is 2.97. The number of aromatic nitrogens is 2. The molecule has 2 N–H and O–H groups in total. The van der Waals surface area contributed by atoms with Crippen LogP contribution in [0, 0.1) is 0 Å². The molecule has 5 nitrogen and oxygen atoms in total. The SMILES string of the molecule is Cn1ccnc1C(=O)NCCC1CCCN1. The Hall–Kier alpha value is -1.36. The molecule has 1 unspecified atom stereocenters. The van der Waals surface area contributed by atoms with Gasteiger partial charge in [0.2, 0.25) is 0 Å². The van der Waals surface area contributed by atoms with Crippen LogP contribution in [0.5, 0.6) is 0 Å². The predicted octanol–water partition coefficient (Wildman–Crippen LogP) is 0.292. The average Bonchev–Trinajstić information content (AvgIpc) is 2.88. The number of amides is 1. The second-order valence-electron chi connectivity index (χ2n) is 4.20. The Morgan fingerprint density at radius 3 is 3.25 bits per heavy atom. The molecule has 1 atom stereocenters. The van der Waals surface area contributed by atoms with E-state index in [1.54, 1.807) is 17.0 Å². The minimum absolute atomic E-state index is 0.0921. The van der Waals surface area contributed by atoms with Gasteiger partial charge >= 0.3 is 0 Å². The zero-order valence-corrected chi connectivity index (χ0v) is 9.57. The van der Waals surface area contributed by atoms with E-state index in [0.717, 1.165) is 13.0 Å². The van der Waals surface area contributed by atoms with Crippen molar-refractivity contribution in [1.82, 2.24) is 20.2 Å². The third-order valence-electron chi connectivity index (χ3n) is 2.97. The fraction of sp³-hybridized carbons (Fsp3) is 0.636. The lowest BCUT2D eigenvalue weighted by atomic mass is 10.1. The first-order valence-corrected chi connectivity index (χ1v) is 5.76. The summed E-state index contributed by atoms with van der Waals surface area (Å²) < 4.78 is 1.73. The Morgan fingerprint density at radius 2 is 2.62 bits per heavy atom. The lowest BCUT2D eigenvalue weighted by molar-refractivity contribution is 0.0939. The number of nitrogens with zero attached hydrogens (tertiary/aromatic N) is 2. The Morgan fingerprint density at radius 1 is 1.75 bits per heavy atom. The van der Waals surface area contributed by atoms with Crippen LogP contribution in [0.25, 0.3) is 0 Å². The molecule has 0 radical (unpaired) electrons. The quantitative estimate of drug-likeness (QED) is 0.770. The molecule has 16 heavy (non-hydrogen) atoms. The van der Waals surface area contributed by atoms with Gasteiger partial charge in [0, 0.05) is 32.0 Å². The van der Waals surface area contributed by atoms with Gasteiger partial charge in [-0.05, 0) is 25.8 Å². The molecule has 1 aliphatic rings. The van der Waals surface area contributed by atoms with Crippen LogP contribution in [-0.4, -0.2) is 34.6 Å². The lowest BCUT2D eigenvalue weighted by Crippen LogP contribution is -2.31. The van der Waals surface area contributed by atoms with Gasteiger partial charge in [0.25, 0.3) is 5.91 Å².